The average Bonchev–Trinajstić information content (AvgIpc) is 2.68. The molecule has 1 heterocycles. The van der Waals surface area contributed by atoms with Crippen molar-refractivity contribution in [1.82, 2.24) is 0 Å². The van der Waals surface area contributed by atoms with Crippen molar-refractivity contribution in [2.75, 3.05) is 0 Å². The molecule has 0 N–H and O–H groups in total. The summed E-state index contributed by atoms with van der Waals surface area (Å²) < 4.78 is 324. The zero-order chi connectivity index (χ0) is 34.2. The lowest BCUT2D eigenvalue weighted by atomic mass is 10.1. The molecular weight excluding hydrogens is 692 g/mol. The molecule has 0 aromatic rings. The van der Waals surface area contributed by atoms with E-state index < -0.39 is 78.7 Å². The zero-order valence-corrected chi connectivity index (χ0v) is 17.6. The van der Waals surface area contributed by atoms with Gasteiger partial charge >= 0.3 is 78.7 Å². The fraction of sp³-hybridized carbons (Fsp3) is 0.846. The van der Waals surface area contributed by atoms with E-state index in [1.54, 1.807) is 9.47 Å². The fourth-order valence-corrected chi connectivity index (χ4v) is 2.13. The molecule has 0 spiro atoms. The first kappa shape index (κ1) is 37.7. The minimum absolute atomic E-state index is 1.40. The molecule has 1 aliphatic heterocycles. The quantitative estimate of drug-likeness (QED) is 0.155. The van der Waals surface area contributed by atoms with Crippen LogP contribution >= 0.6 is 0 Å². The summed E-state index contributed by atoms with van der Waals surface area (Å²) >= 11 is 0. The molecule has 1 rings (SSSR count). The average molecular weight is 692 g/mol. The molecule has 0 aliphatic carbocycles. The van der Waals surface area contributed by atoms with E-state index in [0.717, 1.165) is 0 Å². The highest BCUT2D eigenvalue weighted by Crippen LogP contribution is 2.64. The van der Waals surface area contributed by atoms with Gasteiger partial charge in [0.25, 0.3) is 0 Å². The second-order valence-electron chi connectivity index (χ2n) is 6.93. The highest BCUT2D eigenvalue weighted by molar-refractivity contribution is 5.03. The maximum Gasteiger partial charge on any atom is 0.491 e. The summed E-state index contributed by atoms with van der Waals surface area (Å²) in [6.07, 6.45) is -52.5. The Kier molecular flexibility index (Phi) is 8.85. The smallest absolute Gasteiger partial charge is 0.399 e. The van der Waals surface area contributed by atoms with Gasteiger partial charge in [-0.3, -0.25) is 14.2 Å². The van der Waals surface area contributed by atoms with Crippen LogP contribution in [0.15, 0.2) is 12.1 Å². The number of ether oxygens (including phenoxy) is 5. The van der Waals surface area contributed by atoms with E-state index in [1.807, 2.05) is 0 Å². The number of hydrogen-bond donors (Lipinski definition) is 0. The van der Waals surface area contributed by atoms with Gasteiger partial charge < -0.3 is 4.74 Å². The molecule has 42 heavy (non-hydrogen) atoms. The van der Waals surface area contributed by atoms with Gasteiger partial charge in [-0.1, -0.05) is 0 Å². The van der Waals surface area contributed by atoms with E-state index in [-0.39, 0.29) is 0 Å². The van der Waals surface area contributed by atoms with Crippen LogP contribution in [0.25, 0.3) is 0 Å². The zero-order valence-electron chi connectivity index (χ0n) is 17.6. The topological polar surface area (TPSA) is 46.2 Å². The monoisotopic (exact) mass is 692 g/mol. The van der Waals surface area contributed by atoms with Gasteiger partial charge in [-0.25, -0.2) is 4.74 Å². The van der Waals surface area contributed by atoms with Crippen LogP contribution in [0.3, 0.4) is 0 Å². The van der Waals surface area contributed by atoms with Gasteiger partial charge in [-0.05, 0) is 0 Å². The Balaban J connectivity index is 4.03. The molecule has 5 atom stereocenters. The van der Waals surface area contributed by atoms with Crippen molar-refractivity contribution in [3.05, 3.63) is 12.1 Å². The molecule has 29 heteroatoms. The van der Waals surface area contributed by atoms with Crippen molar-refractivity contribution >= 4 is 0 Å². The Morgan fingerprint density at radius 2 is 0.952 bits per heavy atom. The Morgan fingerprint density at radius 1 is 0.548 bits per heavy atom. The van der Waals surface area contributed by atoms with Crippen LogP contribution in [0, 0.1) is 0 Å². The lowest BCUT2D eigenvalue weighted by Gasteiger charge is -2.51. The van der Waals surface area contributed by atoms with Crippen molar-refractivity contribution < 1.29 is 129 Å². The predicted octanol–water partition coefficient (Wildman–Crippen LogP) is 7.80. The summed E-state index contributed by atoms with van der Waals surface area (Å²) in [6, 6.07) is -20.1. The molecule has 250 valence electrons. The molecule has 1 saturated heterocycles. The second-order valence-corrected chi connectivity index (χ2v) is 6.93. The van der Waals surface area contributed by atoms with E-state index in [9.17, 15) is 105 Å². The van der Waals surface area contributed by atoms with Gasteiger partial charge in [0, 0.05) is 0 Å². The third kappa shape index (κ3) is 5.78. The number of alkyl halides is 21. The molecule has 0 radical (unpaired) electrons. The maximum absolute atomic E-state index is 14.6. The Hall–Kier alpha value is -2.30. The van der Waals surface area contributed by atoms with Gasteiger partial charge in [-0.2, -0.15) is 105 Å². The molecule has 1 fully saturated rings. The summed E-state index contributed by atoms with van der Waals surface area (Å²) in [5.74, 6) is -24.5. The summed E-state index contributed by atoms with van der Waals surface area (Å²) in [7, 11) is 0. The standard InChI is InChI=1S/C13F24O5/c14-1(15)2(16)38-13(37,9(29,30)31)42-11(34,35)4(18,7(23,24)25)41-12(36)5(19,8(26,27)28)39-10(32,33)3(17,40-12)6(20,21)22. The predicted molar refractivity (Wildman–Crippen MR) is 69.1 cm³/mol. The summed E-state index contributed by atoms with van der Waals surface area (Å²) in [5, 5.41) is 0. The Bertz CT molecular complexity index is 1040. The van der Waals surface area contributed by atoms with Crippen LogP contribution in [0.4, 0.5) is 105 Å². The lowest BCUT2D eigenvalue weighted by Crippen LogP contribution is -2.79. The number of hydrogen-bond acceptors (Lipinski definition) is 5. The first-order valence-corrected chi connectivity index (χ1v) is 8.58. The van der Waals surface area contributed by atoms with E-state index in [2.05, 4.69) is 0 Å². The lowest BCUT2D eigenvalue weighted by molar-refractivity contribution is -0.660. The molecule has 0 bridgehead atoms. The summed E-state index contributed by atoms with van der Waals surface area (Å²) in [4.78, 5) is 0. The highest BCUT2D eigenvalue weighted by atomic mass is 19.4. The van der Waals surface area contributed by atoms with Crippen molar-refractivity contribution in [3.8, 4) is 0 Å². The third-order valence-electron chi connectivity index (χ3n) is 4.01. The van der Waals surface area contributed by atoms with E-state index in [1.165, 1.54) is 14.2 Å². The van der Waals surface area contributed by atoms with Crippen LogP contribution in [-0.4, -0.2) is 66.6 Å². The van der Waals surface area contributed by atoms with Crippen molar-refractivity contribution in [2.24, 2.45) is 0 Å². The van der Waals surface area contributed by atoms with Crippen LogP contribution in [0.2, 0.25) is 0 Å². The van der Waals surface area contributed by atoms with Crippen LogP contribution in [0.5, 0.6) is 0 Å². The van der Waals surface area contributed by atoms with Gasteiger partial charge in [0.05, 0.1) is 0 Å². The fourth-order valence-electron chi connectivity index (χ4n) is 2.13. The van der Waals surface area contributed by atoms with Gasteiger partial charge in [-0.15, -0.1) is 0 Å². The van der Waals surface area contributed by atoms with E-state index in [4.69, 9.17) is 0 Å². The van der Waals surface area contributed by atoms with E-state index in [0.29, 0.717) is 0 Å². The minimum Gasteiger partial charge on any atom is -0.399 e. The largest absolute Gasteiger partial charge is 0.491 e. The molecular formula is C13F24O5. The van der Waals surface area contributed by atoms with E-state index >= 15 is 0 Å². The maximum atomic E-state index is 14.6. The Labute approximate surface area is 209 Å². The van der Waals surface area contributed by atoms with Crippen LogP contribution < -0.4 is 0 Å². The van der Waals surface area contributed by atoms with Crippen molar-refractivity contribution in [3.63, 3.8) is 0 Å². The van der Waals surface area contributed by atoms with Crippen LogP contribution in [-0.2, 0) is 23.7 Å². The summed E-state index contributed by atoms with van der Waals surface area (Å²) in [6.45, 7) is 0. The second kappa shape index (κ2) is 9.86. The molecule has 0 aromatic heterocycles. The normalized spacial score (nSPS) is 30.8. The number of halogens is 24. The first-order valence-electron chi connectivity index (χ1n) is 8.58. The molecule has 0 saturated carbocycles. The van der Waals surface area contributed by atoms with Gasteiger partial charge in [0.15, 0.2) is 0 Å². The summed E-state index contributed by atoms with van der Waals surface area (Å²) in [5.41, 5.74) is 0. The van der Waals surface area contributed by atoms with Gasteiger partial charge in [0.1, 0.15) is 0 Å². The van der Waals surface area contributed by atoms with Gasteiger partial charge in [0.2, 0.25) is 0 Å². The third-order valence-corrected chi connectivity index (χ3v) is 4.01. The molecule has 1 aliphatic rings. The molecule has 0 amide bonds. The highest BCUT2D eigenvalue weighted by Gasteiger charge is 2.93. The van der Waals surface area contributed by atoms with Crippen molar-refractivity contribution in [2.45, 2.75) is 66.6 Å². The SMILES string of the molecule is FC(F)=C(F)OC(F)(OC(F)(F)C(F)(OC1(F)OC(F)(C(F)(F)F)C(F)(F)OC1(F)C(F)(F)F)C(F)(F)F)C(F)(F)F. The minimum atomic E-state index is -8.65. The molecule has 5 nitrogen and oxygen atoms in total. The van der Waals surface area contributed by atoms with Crippen LogP contribution in [0.1, 0.15) is 0 Å². The molecule has 0 aromatic carbocycles. The Morgan fingerprint density at radius 3 is 1.26 bits per heavy atom. The number of rotatable bonds is 7. The van der Waals surface area contributed by atoms with Crippen molar-refractivity contribution in [1.29, 1.82) is 0 Å². The first-order chi connectivity index (χ1) is 17.9. The molecule has 5 unspecified atom stereocenters.